The van der Waals surface area contributed by atoms with Gasteiger partial charge in [-0.15, -0.1) is 0 Å². The van der Waals surface area contributed by atoms with Crippen LogP contribution in [0.5, 0.6) is 17.2 Å². The third-order valence-corrected chi connectivity index (χ3v) is 8.80. The number of hydrogen-bond acceptors (Lipinski definition) is 7. The molecule has 3 aliphatic rings. The van der Waals surface area contributed by atoms with Gasteiger partial charge < -0.3 is 19.3 Å². The number of ether oxygens (including phenoxy) is 2. The van der Waals surface area contributed by atoms with Gasteiger partial charge in [-0.1, -0.05) is 12.1 Å². The standard InChI is InChI=1S/C34H36FN3O4S/c35-27-7-13-31(14-8-27)42-30-11-5-25(6-12-30)23-32-33(39)38(34(40)43-32)28-9-15-29(16-10-28)41-22-2-1-17-36-18-20-37(21-19-36)24-26-3-4-26/h5-16,23,26H,1-4,17-22,24H2/b32-23-. The summed E-state index contributed by atoms with van der Waals surface area (Å²) in [6.07, 6.45) is 6.62. The van der Waals surface area contributed by atoms with Gasteiger partial charge in [0.1, 0.15) is 23.1 Å². The van der Waals surface area contributed by atoms with Gasteiger partial charge in [-0.25, -0.2) is 9.29 Å². The van der Waals surface area contributed by atoms with E-state index < -0.39 is 0 Å². The largest absolute Gasteiger partial charge is 0.494 e. The smallest absolute Gasteiger partial charge is 0.298 e. The summed E-state index contributed by atoms with van der Waals surface area (Å²) in [5.41, 5.74) is 1.28. The number of carbonyl (C=O) groups excluding carboxylic acids is 2. The van der Waals surface area contributed by atoms with Crippen molar-refractivity contribution in [2.45, 2.75) is 25.7 Å². The van der Waals surface area contributed by atoms with E-state index in [0.717, 1.165) is 61.5 Å². The predicted molar refractivity (Wildman–Crippen MR) is 168 cm³/mol. The van der Waals surface area contributed by atoms with Crippen LogP contribution in [-0.2, 0) is 4.79 Å². The van der Waals surface area contributed by atoms with Crippen LogP contribution >= 0.6 is 11.8 Å². The molecule has 43 heavy (non-hydrogen) atoms. The van der Waals surface area contributed by atoms with Crippen molar-refractivity contribution in [3.05, 3.63) is 89.1 Å². The summed E-state index contributed by atoms with van der Waals surface area (Å²) in [4.78, 5) is 32.6. The summed E-state index contributed by atoms with van der Waals surface area (Å²) in [5, 5.41) is -0.338. The Hall–Kier alpha value is -3.66. The van der Waals surface area contributed by atoms with Gasteiger partial charge in [0, 0.05) is 32.7 Å². The molecule has 2 aliphatic heterocycles. The summed E-state index contributed by atoms with van der Waals surface area (Å²) in [5.74, 6) is 2.11. The maximum atomic E-state index is 13.1. The van der Waals surface area contributed by atoms with Crippen LogP contribution < -0.4 is 14.4 Å². The first-order chi connectivity index (χ1) is 21.0. The highest BCUT2D eigenvalue weighted by atomic mass is 32.2. The zero-order chi connectivity index (χ0) is 29.6. The van der Waals surface area contributed by atoms with Crippen molar-refractivity contribution in [1.29, 1.82) is 0 Å². The topological polar surface area (TPSA) is 62.3 Å². The summed E-state index contributed by atoms with van der Waals surface area (Å²) >= 11 is 0.914. The van der Waals surface area contributed by atoms with E-state index in [1.807, 2.05) is 0 Å². The molecule has 2 saturated heterocycles. The Morgan fingerprint density at radius 2 is 1.42 bits per heavy atom. The second-order valence-electron chi connectivity index (χ2n) is 11.3. The van der Waals surface area contributed by atoms with Crippen LogP contribution in [0, 0.1) is 11.7 Å². The molecule has 0 bridgehead atoms. The Morgan fingerprint density at radius 1 is 0.791 bits per heavy atom. The lowest BCUT2D eigenvalue weighted by Gasteiger charge is -2.34. The van der Waals surface area contributed by atoms with Crippen LogP contribution in [0.2, 0.25) is 0 Å². The molecule has 6 rings (SSSR count). The number of carbonyl (C=O) groups is 2. The number of unbranched alkanes of at least 4 members (excludes halogenated alkanes) is 1. The number of piperazine rings is 1. The van der Waals surface area contributed by atoms with Crippen molar-refractivity contribution < 1.29 is 23.5 Å². The molecule has 0 aromatic heterocycles. The summed E-state index contributed by atoms with van der Waals surface area (Å²) in [7, 11) is 0. The second kappa shape index (κ2) is 13.8. The SMILES string of the molecule is O=C1S/C(=C\c2ccc(Oc3ccc(F)cc3)cc2)C(=O)N1c1ccc(OCCCCN2CCN(CC3CC3)CC2)cc1. The van der Waals surface area contributed by atoms with E-state index in [4.69, 9.17) is 9.47 Å². The molecule has 224 valence electrons. The summed E-state index contributed by atoms with van der Waals surface area (Å²) < 4.78 is 24.8. The van der Waals surface area contributed by atoms with E-state index >= 15 is 0 Å². The molecule has 2 heterocycles. The second-order valence-corrected chi connectivity index (χ2v) is 12.3. The summed E-state index contributed by atoms with van der Waals surface area (Å²) in [6.45, 7) is 7.76. The van der Waals surface area contributed by atoms with E-state index in [0.29, 0.717) is 28.7 Å². The van der Waals surface area contributed by atoms with E-state index in [-0.39, 0.29) is 17.0 Å². The number of amides is 2. The Labute approximate surface area is 256 Å². The maximum absolute atomic E-state index is 13.1. The fourth-order valence-corrected chi connectivity index (χ4v) is 6.13. The van der Waals surface area contributed by atoms with Crippen LogP contribution in [0.4, 0.5) is 14.9 Å². The lowest BCUT2D eigenvalue weighted by atomic mass is 10.2. The number of rotatable bonds is 12. The van der Waals surface area contributed by atoms with Crippen molar-refractivity contribution in [3.8, 4) is 17.2 Å². The summed E-state index contributed by atoms with van der Waals surface area (Å²) in [6, 6.07) is 20.0. The van der Waals surface area contributed by atoms with Crippen molar-refractivity contribution >= 4 is 34.7 Å². The zero-order valence-corrected chi connectivity index (χ0v) is 24.9. The molecular weight excluding hydrogens is 565 g/mol. The van der Waals surface area contributed by atoms with Gasteiger partial charge in [0.15, 0.2) is 0 Å². The molecule has 0 atom stereocenters. The Bertz CT molecular complexity index is 1430. The molecule has 0 N–H and O–H groups in total. The van der Waals surface area contributed by atoms with Crippen molar-refractivity contribution in [2.24, 2.45) is 5.92 Å². The maximum Gasteiger partial charge on any atom is 0.298 e. The molecule has 3 fully saturated rings. The molecule has 2 amide bonds. The van der Waals surface area contributed by atoms with Gasteiger partial charge in [-0.05, 0) is 122 Å². The number of halogens is 1. The molecule has 9 heteroatoms. The van der Waals surface area contributed by atoms with Crippen molar-refractivity contribution in [3.63, 3.8) is 0 Å². The average molecular weight is 602 g/mol. The highest BCUT2D eigenvalue weighted by molar-refractivity contribution is 8.19. The number of hydrogen-bond donors (Lipinski definition) is 0. The van der Waals surface area contributed by atoms with Crippen LogP contribution in [0.1, 0.15) is 31.2 Å². The molecular formula is C34H36FN3O4S. The molecule has 3 aromatic rings. The first kappa shape index (κ1) is 29.4. The highest BCUT2D eigenvalue weighted by Gasteiger charge is 2.36. The van der Waals surface area contributed by atoms with Crippen LogP contribution in [-0.4, -0.2) is 66.8 Å². The van der Waals surface area contributed by atoms with Crippen LogP contribution in [0.3, 0.4) is 0 Å². The fraction of sp³-hybridized carbons (Fsp3) is 0.353. The molecule has 7 nitrogen and oxygen atoms in total. The van der Waals surface area contributed by atoms with Gasteiger partial charge in [-0.3, -0.25) is 9.59 Å². The predicted octanol–water partition coefficient (Wildman–Crippen LogP) is 7.05. The Morgan fingerprint density at radius 3 is 2.09 bits per heavy atom. The first-order valence-corrected chi connectivity index (χ1v) is 15.8. The molecule has 0 spiro atoms. The third-order valence-electron chi connectivity index (χ3n) is 7.93. The third kappa shape index (κ3) is 8.04. The highest BCUT2D eigenvalue weighted by Crippen LogP contribution is 2.36. The van der Waals surface area contributed by atoms with Gasteiger partial charge in [0.25, 0.3) is 11.1 Å². The normalized spacial score (nSPS) is 18.9. The molecule has 1 aliphatic carbocycles. The monoisotopic (exact) mass is 601 g/mol. The van der Waals surface area contributed by atoms with E-state index in [9.17, 15) is 14.0 Å². The zero-order valence-electron chi connectivity index (χ0n) is 24.1. The molecule has 3 aromatic carbocycles. The lowest BCUT2D eigenvalue weighted by Crippen LogP contribution is -2.47. The van der Waals surface area contributed by atoms with E-state index in [2.05, 4.69) is 9.80 Å². The van der Waals surface area contributed by atoms with Crippen molar-refractivity contribution in [2.75, 3.05) is 50.8 Å². The van der Waals surface area contributed by atoms with Crippen LogP contribution in [0.15, 0.2) is 77.7 Å². The number of nitrogens with zero attached hydrogens (tertiary/aromatic N) is 3. The lowest BCUT2D eigenvalue weighted by molar-refractivity contribution is -0.113. The number of thioether (sulfide) groups is 1. The Kier molecular flexibility index (Phi) is 9.41. The van der Waals surface area contributed by atoms with Crippen LogP contribution in [0.25, 0.3) is 6.08 Å². The van der Waals surface area contributed by atoms with Gasteiger partial charge in [0.2, 0.25) is 0 Å². The first-order valence-electron chi connectivity index (χ1n) is 15.0. The minimum absolute atomic E-state index is 0.329. The quantitative estimate of drug-likeness (QED) is 0.163. The van der Waals surface area contributed by atoms with E-state index in [1.165, 1.54) is 49.5 Å². The number of anilines is 1. The van der Waals surface area contributed by atoms with Crippen molar-refractivity contribution in [1.82, 2.24) is 9.80 Å². The average Bonchev–Trinajstić information content (AvgIpc) is 3.79. The minimum atomic E-state index is -0.358. The van der Waals surface area contributed by atoms with Gasteiger partial charge in [-0.2, -0.15) is 0 Å². The molecule has 0 radical (unpaired) electrons. The van der Waals surface area contributed by atoms with Gasteiger partial charge >= 0.3 is 0 Å². The minimum Gasteiger partial charge on any atom is -0.494 e. The molecule has 0 unspecified atom stereocenters. The Balaban J connectivity index is 0.945. The number of benzene rings is 3. The molecule has 1 saturated carbocycles. The fourth-order valence-electron chi connectivity index (χ4n) is 5.29. The number of imide groups is 1. The van der Waals surface area contributed by atoms with E-state index in [1.54, 1.807) is 66.7 Å². The van der Waals surface area contributed by atoms with Gasteiger partial charge in [0.05, 0.1) is 17.2 Å².